The van der Waals surface area contributed by atoms with Crippen molar-refractivity contribution in [1.29, 1.82) is 0 Å². The first-order valence-electron chi connectivity index (χ1n) is 5.26. The van der Waals surface area contributed by atoms with Gasteiger partial charge in [0.1, 0.15) is 11.3 Å². The number of furan rings is 1. The summed E-state index contributed by atoms with van der Waals surface area (Å²) in [5.74, 6) is 0.863. The van der Waals surface area contributed by atoms with Gasteiger partial charge in [-0.3, -0.25) is 4.98 Å². The Hall–Kier alpha value is -2.09. The first kappa shape index (κ1) is 9.16. The zero-order chi connectivity index (χ0) is 11.0. The molecule has 3 aromatic rings. The monoisotopic (exact) mass is 209 g/mol. The zero-order valence-corrected chi connectivity index (χ0v) is 8.97. The van der Waals surface area contributed by atoms with Crippen LogP contribution in [0.15, 0.2) is 53.1 Å². The van der Waals surface area contributed by atoms with Crippen LogP contribution in [0, 0.1) is 6.92 Å². The molecule has 2 heterocycles. The minimum atomic E-state index is 0.863. The van der Waals surface area contributed by atoms with Crippen LogP contribution in [0.25, 0.3) is 22.4 Å². The van der Waals surface area contributed by atoms with Gasteiger partial charge in [-0.25, -0.2) is 0 Å². The van der Waals surface area contributed by atoms with Crippen LogP contribution in [-0.2, 0) is 0 Å². The standard InChI is InChI=1S/C14H11NO/c1-10-11-6-2-3-8-13(11)16-14(10)12-7-4-5-9-15-12/h2-9H,1H3. The molecule has 0 atom stereocenters. The predicted molar refractivity (Wildman–Crippen MR) is 64.2 cm³/mol. The summed E-state index contributed by atoms with van der Waals surface area (Å²) in [6, 6.07) is 13.9. The van der Waals surface area contributed by atoms with E-state index in [4.69, 9.17) is 4.42 Å². The summed E-state index contributed by atoms with van der Waals surface area (Å²) < 4.78 is 5.82. The molecule has 0 saturated carbocycles. The fourth-order valence-electron chi connectivity index (χ4n) is 1.92. The third-order valence-electron chi connectivity index (χ3n) is 2.74. The number of hydrogen-bond acceptors (Lipinski definition) is 2. The molecule has 2 aromatic heterocycles. The average Bonchev–Trinajstić information content (AvgIpc) is 2.69. The van der Waals surface area contributed by atoms with Gasteiger partial charge in [-0.05, 0) is 25.1 Å². The Morgan fingerprint density at radius 2 is 1.81 bits per heavy atom. The van der Waals surface area contributed by atoms with Gasteiger partial charge < -0.3 is 4.42 Å². The van der Waals surface area contributed by atoms with Gasteiger partial charge in [0.2, 0.25) is 0 Å². The van der Waals surface area contributed by atoms with Crippen LogP contribution in [-0.4, -0.2) is 4.98 Å². The Morgan fingerprint density at radius 3 is 2.56 bits per heavy atom. The van der Waals surface area contributed by atoms with E-state index in [1.807, 2.05) is 36.4 Å². The number of pyridine rings is 1. The molecular formula is C14H11NO. The van der Waals surface area contributed by atoms with Crippen molar-refractivity contribution < 1.29 is 4.42 Å². The molecule has 0 radical (unpaired) electrons. The number of benzene rings is 1. The molecule has 0 aliphatic carbocycles. The maximum atomic E-state index is 5.82. The SMILES string of the molecule is Cc1c(-c2ccccn2)oc2ccccc12. The van der Waals surface area contributed by atoms with E-state index < -0.39 is 0 Å². The summed E-state index contributed by atoms with van der Waals surface area (Å²) in [6.45, 7) is 2.07. The highest BCUT2D eigenvalue weighted by Gasteiger charge is 2.11. The number of fused-ring (bicyclic) bond motifs is 1. The van der Waals surface area contributed by atoms with Crippen molar-refractivity contribution in [1.82, 2.24) is 4.98 Å². The highest BCUT2D eigenvalue weighted by atomic mass is 16.3. The number of hydrogen-bond donors (Lipinski definition) is 0. The van der Waals surface area contributed by atoms with Crippen LogP contribution in [0.4, 0.5) is 0 Å². The second-order valence-electron chi connectivity index (χ2n) is 3.77. The van der Waals surface area contributed by atoms with Gasteiger partial charge in [-0.15, -0.1) is 0 Å². The predicted octanol–water partition coefficient (Wildman–Crippen LogP) is 3.80. The molecule has 0 amide bonds. The third-order valence-corrected chi connectivity index (χ3v) is 2.74. The first-order valence-corrected chi connectivity index (χ1v) is 5.26. The molecule has 0 unspecified atom stereocenters. The topological polar surface area (TPSA) is 26.0 Å². The van der Waals surface area contributed by atoms with E-state index in [9.17, 15) is 0 Å². The fraction of sp³-hybridized carbons (Fsp3) is 0.0714. The minimum absolute atomic E-state index is 0.863. The van der Waals surface area contributed by atoms with Crippen LogP contribution in [0.5, 0.6) is 0 Å². The summed E-state index contributed by atoms with van der Waals surface area (Å²) in [4.78, 5) is 4.31. The highest BCUT2D eigenvalue weighted by molar-refractivity contribution is 5.86. The van der Waals surface area contributed by atoms with E-state index in [0.29, 0.717) is 0 Å². The van der Waals surface area contributed by atoms with E-state index in [2.05, 4.69) is 18.0 Å². The van der Waals surface area contributed by atoms with E-state index in [-0.39, 0.29) is 0 Å². The molecule has 0 bridgehead atoms. The fourth-order valence-corrected chi connectivity index (χ4v) is 1.92. The summed E-state index contributed by atoms with van der Waals surface area (Å²) in [7, 11) is 0. The average molecular weight is 209 g/mol. The Balaban J connectivity index is 2.29. The van der Waals surface area contributed by atoms with Crippen molar-refractivity contribution in [3.63, 3.8) is 0 Å². The molecule has 1 aromatic carbocycles. The van der Waals surface area contributed by atoms with Gasteiger partial charge in [-0.2, -0.15) is 0 Å². The lowest BCUT2D eigenvalue weighted by Crippen LogP contribution is -1.80. The molecule has 0 aliphatic heterocycles. The maximum Gasteiger partial charge on any atom is 0.156 e. The molecule has 3 rings (SSSR count). The Bertz CT molecular complexity index is 626. The van der Waals surface area contributed by atoms with Gasteiger partial charge in [0.05, 0.1) is 0 Å². The Kier molecular flexibility index (Phi) is 2.00. The van der Waals surface area contributed by atoms with Crippen molar-refractivity contribution in [3.8, 4) is 11.5 Å². The smallest absolute Gasteiger partial charge is 0.156 e. The minimum Gasteiger partial charge on any atom is -0.454 e. The third kappa shape index (κ3) is 1.31. The first-order chi connectivity index (χ1) is 7.86. The maximum absolute atomic E-state index is 5.82. The number of aromatic nitrogens is 1. The molecule has 2 heteroatoms. The van der Waals surface area contributed by atoms with Crippen molar-refractivity contribution in [3.05, 3.63) is 54.2 Å². The molecule has 78 valence electrons. The van der Waals surface area contributed by atoms with Crippen LogP contribution in [0.2, 0.25) is 0 Å². The molecule has 0 aliphatic rings. The van der Waals surface area contributed by atoms with Gasteiger partial charge in [-0.1, -0.05) is 24.3 Å². The second-order valence-corrected chi connectivity index (χ2v) is 3.77. The zero-order valence-electron chi connectivity index (χ0n) is 8.97. The lowest BCUT2D eigenvalue weighted by molar-refractivity contribution is 0.626. The van der Waals surface area contributed by atoms with Crippen molar-refractivity contribution in [2.75, 3.05) is 0 Å². The molecular weight excluding hydrogens is 198 g/mol. The quantitative estimate of drug-likeness (QED) is 0.609. The number of aryl methyl sites for hydroxylation is 1. The van der Waals surface area contributed by atoms with Gasteiger partial charge in [0.15, 0.2) is 5.76 Å². The van der Waals surface area contributed by atoms with Crippen molar-refractivity contribution >= 4 is 11.0 Å². The van der Waals surface area contributed by atoms with E-state index in [1.54, 1.807) is 6.20 Å². The second kappa shape index (κ2) is 3.49. The molecule has 2 nitrogen and oxygen atoms in total. The Morgan fingerprint density at radius 1 is 1.00 bits per heavy atom. The van der Waals surface area contributed by atoms with E-state index >= 15 is 0 Å². The van der Waals surface area contributed by atoms with Gasteiger partial charge >= 0.3 is 0 Å². The molecule has 0 fully saturated rings. The lowest BCUT2D eigenvalue weighted by Gasteiger charge is -1.95. The van der Waals surface area contributed by atoms with Crippen LogP contribution >= 0.6 is 0 Å². The summed E-state index contributed by atoms with van der Waals surface area (Å²) in [6.07, 6.45) is 1.78. The summed E-state index contributed by atoms with van der Waals surface area (Å²) in [5.41, 5.74) is 2.95. The largest absolute Gasteiger partial charge is 0.454 e. The summed E-state index contributed by atoms with van der Waals surface area (Å²) >= 11 is 0. The number of nitrogens with zero attached hydrogens (tertiary/aromatic N) is 1. The van der Waals surface area contributed by atoms with Gasteiger partial charge in [0, 0.05) is 17.1 Å². The van der Waals surface area contributed by atoms with Crippen LogP contribution < -0.4 is 0 Å². The van der Waals surface area contributed by atoms with E-state index in [1.165, 1.54) is 0 Å². The summed E-state index contributed by atoms with van der Waals surface area (Å²) in [5, 5.41) is 1.16. The van der Waals surface area contributed by atoms with Crippen molar-refractivity contribution in [2.45, 2.75) is 6.92 Å². The molecule has 0 spiro atoms. The number of para-hydroxylation sites is 1. The van der Waals surface area contributed by atoms with E-state index in [0.717, 1.165) is 28.0 Å². The molecule has 0 N–H and O–H groups in total. The molecule has 0 saturated heterocycles. The van der Waals surface area contributed by atoms with Crippen LogP contribution in [0.3, 0.4) is 0 Å². The van der Waals surface area contributed by atoms with Gasteiger partial charge in [0.25, 0.3) is 0 Å². The van der Waals surface area contributed by atoms with Crippen LogP contribution in [0.1, 0.15) is 5.56 Å². The van der Waals surface area contributed by atoms with Crippen molar-refractivity contribution in [2.24, 2.45) is 0 Å². The Labute approximate surface area is 93.5 Å². The normalized spacial score (nSPS) is 10.8. The molecule has 16 heavy (non-hydrogen) atoms. The highest BCUT2D eigenvalue weighted by Crippen LogP contribution is 2.31. The lowest BCUT2D eigenvalue weighted by atomic mass is 10.1. The number of rotatable bonds is 1.